The van der Waals surface area contributed by atoms with Crippen LogP contribution in [0.4, 0.5) is 0 Å². The molecule has 5 nitrogen and oxygen atoms in total. The van der Waals surface area contributed by atoms with Crippen LogP contribution >= 0.6 is 0 Å². The molecule has 1 aliphatic heterocycles. The van der Waals surface area contributed by atoms with Gasteiger partial charge >= 0.3 is 0 Å². The highest BCUT2D eigenvalue weighted by molar-refractivity contribution is 5.81. The summed E-state index contributed by atoms with van der Waals surface area (Å²) in [4.78, 5) is 12.2. The lowest BCUT2D eigenvalue weighted by Crippen LogP contribution is -2.47. The monoisotopic (exact) mass is 305 g/mol. The van der Waals surface area contributed by atoms with E-state index >= 15 is 0 Å². The number of benzene rings is 1. The van der Waals surface area contributed by atoms with Crippen molar-refractivity contribution in [1.29, 1.82) is 0 Å². The fraction of sp³-hybridized carbons (Fsp3) is 0.588. The Labute approximate surface area is 130 Å². The lowest BCUT2D eigenvalue weighted by molar-refractivity contribution is -0.131. The number of hydrogen-bond donors (Lipinski definition) is 2. The summed E-state index contributed by atoms with van der Waals surface area (Å²) < 4.78 is 11.2. The van der Waals surface area contributed by atoms with Gasteiger partial charge in [0.2, 0.25) is 6.10 Å². The average molecular weight is 305 g/mol. The molecule has 22 heavy (non-hydrogen) atoms. The number of para-hydroxylation sites is 2. The molecule has 2 atom stereocenters. The highest BCUT2D eigenvalue weighted by Crippen LogP contribution is 2.31. The largest absolute Gasteiger partial charge is 0.485 e. The summed E-state index contributed by atoms with van der Waals surface area (Å²) >= 11 is 0. The van der Waals surface area contributed by atoms with Gasteiger partial charge in [0, 0.05) is 6.54 Å². The molecule has 1 heterocycles. The smallest absolute Gasteiger partial charge is 0.264 e. The van der Waals surface area contributed by atoms with Crippen molar-refractivity contribution in [2.24, 2.45) is 5.92 Å². The lowest BCUT2D eigenvalue weighted by atomic mass is 9.85. The molecule has 2 N–H and O–H groups in total. The average Bonchev–Trinajstić information content (AvgIpc) is 2.59. The van der Waals surface area contributed by atoms with Gasteiger partial charge in [-0.2, -0.15) is 0 Å². The van der Waals surface area contributed by atoms with E-state index in [-0.39, 0.29) is 19.1 Å². The molecule has 2 unspecified atom stereocenters. The van der Waals surface area contributed by atoms with Gasteiger partial charge in [-0.15, -0.1) is 0 Å². The van der Waals surface area contributed by atoms with Gasteiger partial charge in [0.05, 0.1) is 6.10 Å². The summed E-state index contributed by atoms with van der Waals surface area (Å²) in [5.41, 5.74) is 0. The number of nitrogens with one attached hydrogen (secondary N) is 1. The van der Waals surface area contributed by atoms with Crippen molar-refractivity contribution in [3.8, 4) is 11.5 Å². The number of carbonyl (C=O) groups is 1. The highest BCUT2D eigenvalue weighted by Gasteiger charge is 2.28. The van der Waals surface area contributed by atoms with Gasteiger partial charge in [-0.1, -0.05) is 31.4 Å². The predicted octanol–water partition coefficient (Wildman–Crippen LogP) is 1.88. The summed E-state index contributed by atoms with van der Waals surface area (Å²) in [5, 5.41) is 13.0. The first-order valence-electron chi connectivity index (χ1n) is 8.08. The van der Waals surface area contributed by atoms with E-state index in [0.29, 0.717) is 17.4 Å². The third kappa shape index (κ3) is 3.53. The van der Waals surface area contributed by atoms with Gasteiger partial charge in [-0.3, -0.25) is 4.79 Å². The van der Waals surface area contributed by atoms with E-state index in [1.54, 1.807) is 6.07 Å². The Morgan fingerprint density at radius 2 is 1.95 bits per heavy atom. The molecular formula is C17H23NO4. The van der Waals surface area contributed by atoms with Crippen LogP contribution in [0.15, 0.2) is 24.3 Å². The van der Waals surface area contributed by atoms with Crippen LogP contribution in [-0.4, -0.2) is 36.4 Å². The molecule has 1 aromatic rings. The fourth-order valence-electron chi connectivity index (χ4n) is 3.15. The fourth-order valence-corrected chi connectivity index (χ4v) is 3.15. The second-order valence-electron chi connectivity index (χ2n) is 6.07. The van der Waals surface area contributed by atoms with Crippen molar-refractivity contribution < 1.29 is 19.4 Å². The van der Waals surface area contributed by atoms with Crippen molar-refractivity contribution in [1.82, 2.24) is 5.32 Å². The maximum absolute atomic E-state index is 12.2. The highest BCUT2D eigenvalue weighted by atomic mass is 16.6. The molecule has 1 aliphatic carbocycles. The van der Waals surface area contributed by atoms with E-state index in [1.807, 2.05) is 18.2 Å². The number of amides is 1. The molecule has 0 spiro atoms. The maximum Gasteiger partial charge on any atom is 0.264 e. The topological polar surface area (TPSA) is 67.8 Å². The Bertz CT molecular complexity index is 513. The summed E-state index contributed by atoms with van der Waals surface area (Å²) in [6.07, 6.45) is 4.57. The van der Waals surface area contributed by atoms with Crippen LogP contribution in [0.3, 0.4) is 0 Å². The second kappa shape index (κ2) is 7.01. The Morgan fingerprint density at radius 3 is 2.73 bits per heavy atom. The summed E-state index contributed by atoms with van der Waals surface area (Å²) in [7, 11) is 0. The van der Waals surface area contributed by atoms with Gasteiger partial charge in [0.25, 0.3) is 5.91 Å². The molecule has 0 bridgehead atoms. The summed E-state index contributed by atoms with van der Waals surface area (Å²) in [6.45, 7) is 0.480. The van der Waals surface area contributed by atoms with E-state index in [4.69, 9.17) is 9.47 Å². The van der Waals surface area contributed by atoms with Crippen LogP contribution in [0.1, 0.15) is 32.1 Å². The number of ether oxygens (including phenoxy) is 2. The number of aliphatic hydroxyl groups is 1. The van der Waals surface area contributed by atoms with Crippen LogP contribution < -0.4 is 14.8 Å². The van der Waals surface area contributed by atoms with Gasteiger partial charge in [-0.05, 0) is 30.9 Å². The summed E-state index contributed by atoms with van der Waals surface area (Å²) in [6, 6.07) is 7.31. The quantitative estimate of drug-likeness (QED) is 0.891. The first kappa shape index (κ1) is 15.2. The van der Waals surface area contributed by atoms with E-state index in [2.05, 4.69) is 5.32 Å². The number of rotatable bonds is 4. The number of hydrogen-bond acceptors (Lipinski definition) is 4. The molecule has 3 rings (SSSR count). The molecule has 1 saturated carbocycles. The van der Waals surface area contributed by atoms with Gasteiger partial charge in [-0.25, -0.2) is 0 Å². The molecule has 0 saturated heterocycles. The zero-order chi connectivity index (χ0) is 15.4. The van der Waals surface area contributed by atoms with E-state index in [9.17, 15) is 9.90 Å². The van der Waals surface area contributed by atoms with E-state index in [0.717, 1.165) is 12.8 Å². The maximum atomic E-state index is 12.2. The SMILES string of the molecule is O=C(NCC(O)C1CCCCC1)C1COc2ccccc2O1. The van der Waals surface area contributed by atoms with Crippen LogP contribution in [-0.2, 0) is 4.79 Å². The zero-order valence-electron chi connectivity index (χ0n) is 12.7. The van der Waals surface area contributed by atoms with Crippen molar-refractivity contribution in [3.63, 3.8) is 0 Å². The van der Waals surface area contributed by atoms with E-state index < -0.39 is 12.2 Å². The minimum atomic E-state index is -0.659. The molecular weight excluding hydrogens is 282 g/mol. The third-order valence-electron chi connectivity index (χ3n) is 4.48. The Hall–Kier alpha value is -1.75. The Kier molecular flexibility index (Phi) is 4.83. The molecule has 120 valence electrons. The standard InChI is InChI=1S/C17H23NO4/c19-13(12-6-2-1-3-7-12)10-18-17(20)16-11-21-14-8-4-5-9-15(14)22-16/h4-5,8-9,12-13,16,19H,1-3,6-7,10-11H2,(H,18,20). The molecule has 0 radical (unpaired) electrons. The van der Waals surface area contributed by atoms with E-state index in [1.165, 1.54) is 19.3 Å². The third-order valence-corrected chi connectivity index (χ3v) is 4.48. The number of aliphatic hydroxyl groups excluding tert-OH is 1. The normalized spacial score (nSPS) is 22.9. The Morgan fingerprint density at radius 1 is 1.23 bits per heavy atom. The van der Waals surface area contributed by atoms with Crippen molar-refractivity contribution >= 4 is 5.91 Å². The molecule has 2 aliphatic rings. The van der Waals surface area contributed by atoms with Gasteiger partial charge in [0.15, 0.2) is 11.5 Å². The molecule has 5 heteroatoms. The number of carbonyl (C=O) groups excluding carboxylic acids is 1. The zero-order valence-corrected chi connectivity index (χ0v) is 12.7. The van der Waals surface area contributed by atoms with Crippen LogP contribution in [0.5, 0.6) is 11.5 Å². The van der Waals surface area contributed by atoms with Crippen LogP contribution in [0, 0.1) is 5.92 Å². The minimum Gasteiger partial charge on any atom is -0.485 e. The van der Waals surface area contributed by atoms with Crippen LogP contribution in [0.2, 0.25) is 0 Å². The molecule has 1 aromatic carbocycles. The first-order valence-corrected chi connectivity index (χ1v) is 8.08. The molecule has 1 fully saturated rings. The summed E-state index contributed by atoms with van der Waals surface area (Å²) in [5.74, 6) is 1.32. The lowest BCUT2D eigenvalue weighted by Gasteiger charge is -2.28. The second-order valence-corrected chi connectivity index (χ2v) is 6.07. The number of fused-ring (bicyclic) bond motifs is 1. The van der Waals surface area contributed by atoms with Crippen molar-refractivity contribution in [3.05, 3.63) is 24.3 Å². The van der Waals surface area contributed by atoms with Crippen molar-refractivity contribution in [2.75, 3.05) is 13.2 Å². The first-order chi connectivity index (χ1) is 10.7. The molecule has 0 aromatic heterocycles. The van der Waals surface area contributed by atoms with Gasteiger partial charge in [0.1, 0.15) is 6.61 Å². The van der Waals surface area contributed by atoms with Crippen molar-refractivity contribution in [2.45, 2.75) is 44.3 Å². The van der Waals surface area contributed by atoms with Crippen LogP contribution in [0.25, 0.3) is 0 Å². The predicted molar refractivity (Wildman–Crippen MR) is 81.9 cm³/mol. The molecule has 1 amide bonds. The minimum absolute atomic E-state index is 0.197. The Balaban J connectivity index is 1.48. The van der Waals surface area contributed by atoms with Gasteiger partial charge < -0.3 is 19.9 Å².